The van der Waals surface area contributed by atoms with Gasteiger partial charge in [-0.1, -0.05) is 18.2 Å². The monoisotopic (exact) mass is 204 g/mol. The molecule has 1 N–H and O–H groups in total. The molecule has 0 amide bonds. The Kier molecular flexibility index (Phi) is 3.14. The maximum absolute atomic E-state index is 10.6. The SMILES string of the molecule is CC1CCN(Cc2cccc(C=O)c2)N1. The van der Waals surface area contributed by atoms with Gasteiger partial charge in [0.15, 0.2) is 0 Å². The Morgan fingerprint density at radius 3 is 3.13 bits per heavy atom. The standard InChI is InChI=1S/C12H16N2O/c1-10-5-6-14(13-10)8-11-3-2-4-12(7-11)9-15/h2-4,7,9-10,13H,5-6,8H2,1H3. The summed E-state index contributed by atoms with van der Waals surface area (Å²) in [7, 11) is 0. The quantitative estimate of drug-likeness (QED) is 0.759. The number of hydrogen-bond acceptors (Lipinski definition) is 3. The van der Waals surface area contributed by atoms with E-state index in [1.54, 1.807) is 0 Å². The van der Waals surface area contributed by atoms with Gasteiger partial charge >= 0.3 is 0 Å². The van der Waals surface area contributed by atoms with Crippen molar-refractivity contribution in [3.8, 4) is 0 Å². The zero-order chi connectivity index (χ0) is 10.7. The summed E-state index contributed by atoms with van der Waals surface area (Å²) in [5.74, 6) is 0. The maximum atomic E-state index is 10.6. The van der Waals surface area contributed by atoms with E-state index in [2.05, 4.69) is 23.4 Å². The first-order chi connectivity index (χ1) is 7.28. The van der Waals surface area contributed by atoms with E-state index < -0.39 is 0 Å². The number of nitrogens with one attached hydrogen (secondary N) is 1. The summed E-state index contributed by atoms with van der Waals surface area (Å²) in [6.45, 7) is 4.13. The molecule has 0 spiro atoms. The second kappa shape index (κ2) is 4.55. The number of carbonyl (C=O) groups is 1. The Morgan fingerprint density at radius 2 is 2.47 bits per heavy atom. The molecule has 1 aromatic rings. The number of hydrazine groups is 1. The average molecular weight is 204 g/mol. The largest absolute Gasteiger partial charge is 0.298 e. The molecule has 0 radical (unpaired) electrons. The minimum absolute atomic E-state index is 0.569. The zero-order valence-electron chi connectivity index (χ0n) is 8.94. The van der Waals surface area contributed by atoms with Gasteiger partial charge in [-0.25, -0.2) is 5.01 Å². The molecule has 1 atom stereocenters. The maximum Gasteiger partial charge on any atom is 0.150 e. The summed E-state index contributed by atoms with van der Waals surface area (Å²) >= 11 is 0. The molecule has 0 saturated carbocycles. The van der Waals surface area contributed by atoms with E-state index in [0.29, 0.717) is 6.04 Å². The highest BCUT2D eigenvalue weighted by Crippen LogP contribution is 2.11. The van der Waals surface area contributed by atoms with E-state index >= 15 is 0 Å². The van der Waals surface area contributed by atoms with Crippen LogP contribution in [0.15, 0.2) is 24.3 Å². The number of hydrogen-bond donors (Lipinski definition) is 1. The second-order valence-corrected chi connectivity index (χ2v) is 4.10. The van der Waals surface area contributed by atoms with E-state index in [4.69, 9.17) is 0 Å². The molecule has 0 bridgehead atoms. The van der Waals surface area contributed by atoms with Crippen molar-refractivity contribution >= 4 is 6.29 Å². The molecule has 0 aromatic heterocycles. The minimum atomic E-state index is 0.569. The van der Waals surface area contributed by atoms with Crippen molar-refractivity contribution in [2.75, 3.05) is 6.54 Å². The molecule has 15 heavy (non-hydrogen) atoms. The van der Waals surface area contributed by atoms with Crippen molar-refractivity contribution in [3.05, 3.63) is 35.4 Å². The van der Waals surface area contributed by atoms with Crippen LogP contribution < -0.4 is 5.43 Å². The Labute approximate surface area is 90.1 Å². The summed E-state index contributed by atoms with van der Waals surface area (Å²) in [6, 6.07) is 8.32. The fraction of sp³-hybridized carbons (Fsp3) is 0.417. The molecular formula is C12H16N2O. The first kappa shape index (κ1) is 10.3. The molecule has 1 unspecified atom stereocenters. The number of nitrogens with zero attached hydrogens (tertiary/aromatic N) is 1. The van der Waals surface area contributed by atoms with Gasteiger partial charge in [-0.3, -0.25) is 10.2 Å². The van der Waals surface area contributed by atoms with Crippen molar-refractivity contribution in [1.82, 2.24) is 10.4 Å². The van der Waals surface area contributed by atoms with Crippen molar-refractivity contribution in [3.63, 3.8) is 0 Å². The third kappa shape index (κ3) is 2.64. The van der Waals surface area contributed by atoms with Gasteiger partial charge in [0.2, 0.25) is 0 Å². The normalized spacial score (nSPS) is 21.8. The summed E-state index contributed by atoms with van der Waals surface area (Å²) in [6.07, 6.45) is 2.08. The van der Waals surface area contributed by atoms with Crippen molar-refractivity contribution < 1.29 is 4.79 Å². The van der Waals surface area contributed by atoms with Gasteiger partial charge in [0.25, 0.3) is 0 Å². The number of aldehydes is 1. The molecule has 3 nitrogen and oxygen atoms in total. The molecule has 3 heteroatoms. The van der Waals surface area contributed by atoms with Crippen molar-refractivity contribution in [1.29, 1.82) is 0 Å². The molecule has 1 fully saturated rings. The van der Waals surface area contributed by atoms with Crippen LogP contribution in [-0.2, 0) is 6.54 Å². The van der Waals surface area contributed by atoms with Crippen LogP contribution in [0.1, 0.15) is 29.3 Å². The van der Waals surface area contributed by atoms with E-state index in [0.717, 1.165) is 24.9 Å². The predicted molar refractivity (Wildman–Crippen MR) is 59.5 cm³/mol. The Bertz CT molecular complexity index is 351. The van der Waals surface area contributed by atoms with Crippen LogP contribution in [0, 0.1) is 0 Å². The highest BCUT2D eigenvalue weighted by atomic mass is 16.1. The molecule has 80 valence electrons. The molecule has 2 rings (SSSR count). The van der Waals surface area contributed by atoms with E-state index in [1.165, 1.54) is 12.0 Å². The molecule has 1 heterocycles. The van der Waals surface area contributed by atoms with Crippen LogP contribution in [0.4, 0.5) is 0 Å². The number of carbonyl (C=O) groups excluding carboxylic acids is 1. The van der Waals surface area contributed by atoms with Gasteiger partial charge in [0.05, 0.1) is 0 Å². The van der Waals surface area contributed by atoms with E-state index in [1.807, 2.05) is 18.2 Å². The smallest absolute Gasteiger partial charge is 0.150 e. The number of rotatable bonds is 3. The second-order valence-electron chi connectivity index (χ2n) is 4.10. The van der Waals surface area contributed by atoms with Gasteiger partial charge in [0.1, 0.15) is 6.29 Å². The third-order valence-corrected chi connectivity index (χ3v) is 2.70. The van der Waals surface area contributed by atoms with Crippen LogP contribution >= 0.6 is 0 Å². The molecular weight excluding hydrogens is 188 g/mol. The van der Waals surface area contributed by atoms with E-state index in [9.17, 15) is 4.79 Å². The average Bonchev–Trinajstić information content (AvgIpc) is 2.64. The first-order valence-corrected chi connectivity index (χ1v) is 5.33. The highest BCUT2D eigenvalue weighted by Gasteiger charge is 2.17. The van der Waals surface area contributed by atoms with Gasteiger partial charge in [0, 0.05) is 24.7 Å². The fourth-order valence-electron chi connectivity index (χ4n) is 1.90. The summed E-state index contributed by atoms with van der Waals surface area (Å²) in [5.41, 5.74) is 5.32. The van der Waals surface area contributed by atoms with Gasteiger partial charge in [-0.05, 0) is 25.0 Å². The molecule has 1 aromatic carbocycles. The molecule has 1 aliphatic rings. The fourth-order valence-corrected chi connectivity index (χ4v) is 1.90. The Morgan fingerprint density at radius 1 is 1.60 bits per heavy atom. The highest BCUT2D eigenvalue weighted by molar-refractivity contribution is 5.74. The predicted octanol–water partition coefficient (Wildman–Crippen LogP) is 1.60. The summed E-state index contributed by atoms with van der Waals surface area (Å²) in [5, 5.41) is 2.20. The Balaban J connectivity index is 2.01. The summed E-state index contributed by atoms with van der Waals surface area (Å²) < 4.78 is 0. The van der Waals surface area contributed by atoms with Gasteiger partial charge < -0.3 is 0 Å². The molecule has 0 aliphatic carbocycles. The lowest BCUT2D eigenvalue weighted by Gasteiger charge is -2.16. The minimum Gasteiger partial charge on any atom is -0.298 e. The lowest BCUT2D eigenvalue weighted by Crippen LogP contribution is -2.33. The van der Waals surface area contributed by atoms with Crippen molar-refractivity contribution in [2.45, 2.75) is 25.9 Å². The third-order valence-electron chi connectivity index (χ3n) is 2.70. The van der Waals surface area contributed by atoms with E-state index in [-0.39, 0.29) is 0 Å². The molecule has 1 aliphatic heterocycles. The summed E-state index contributed by atoms with van der Waals surface area (Å²) in [4.78, 5) is 10.6. The van der Waals surface area contributed by atoms with Crippen LogP contribution in [0.3, 0.4) is 0 Å². The molecule has 1 saturated heterocycles. The van der Waals surface area contributed by atoms with Crippen molar-refractivity contribution in [2.24, 2.45) is 0 Å². The number of benzene rings is 1. The van der Waals surface area contributed by atoms with Gasteiger partial charge in [-0.2, -0.15) is 0 Å². The zero-order valence-corrected chi connectivity index (χ0v) is 8.94. The lowest BCUT2D eigenvalue weighted by molar-refractivity contribution is 0.112. The van der Waals surface area contributed by atoms with Crippen LogP contribution in [-0.4, -0.2) is 23.9 Å². The lowest BCUT2D eigenvalue weighted by atomic mass is 10.1. The van der Waals surface area contributed by atoms with Crippen LogP contribution in [0.2, 0.25) is 0 Å². The van der Waals surface area contributed by atoms with Crippen LogP contribution in [0.5, 0.6) is 0 Å². The first-order valence-electron chi connectivity index (χ1n) is 5.33. The Hall–Kier alpha value is -1.19. The van der Waals surface area contributed by atoms with Gasteiger partial charge in [-0.15, -0.1) is 0 Å². The van der Waals surface area contributed by atoms with Crippen LogP contribution in [0.25, 0.3) is 0 Å². The topological polar surface area (TPSA) is 32.3 Å².